The quantitative estimate of drug-likeness (QED) is 0.163. The Kier molecular flexibility index (Phi) is 11.2. The van der Waals surface area contributed by atoms with Gasteiger partial charge in [-0.25, -0.2) is 9.59 Å². The summed E-state index contributed by atoms with van der Waals surface area (Å²) in [7, 11) is 0. The molecule has 3 N–H and O–H groups in total. The molecule has 0 bridgehead atoms. The van der Waals surface area contributed by atoms with Crippen molar-refractivity contribution in [3.8, 4) is 0 Å². The highest BCUT2D eigenvalue weighted by molar-refractivity contribution is 5.87. The maximum atomic E-state index is 12.8. The van der Waals surface area contributed by atoms with E-state index in [1.807, 2.05) is 4.90 Å². The minimum absolute atomic E-state index is 0.0597. The largest absolute Gasteiger partial charge is 0.466 e. The Balaban J connectivity index is 1.53. The zero-order chi connectivity index (χ0) is 30.3. The van der Waals surface area contributed by atoms with Crippen LogP contribution in [0.1, 0.15) is 53.9 Å². The van der Waals surface area contributed by atoms with Crippen molar-refractivity contribution in [2.45, 2.75) is 83.7 Å². The summed E-state index contributed by atoms with van der Waals surface area (Å²) in [5.74, 6) is -1.02. The molecule has 0 saturated carbocycles. The van der Waals surface area contributed by atoms with Crippen LogP contribution >= 0.6 is 0 Å². The van der Waals surface area contributed by atoms with Gasteiger partial charge in [0, 0.05) is 45.3 Å². The number of amidine groups is 1. The van der Waals surface area contributed by atoms with Gasteiger partial charge in [-0.2, -0.15) is 0 Å². The Hall–Kier alpha value is -3.13. The van der Waals surface area contributed by atoms with Crippen LogP contribution in [0.25, 0.3) is 0 Å². The van der Waals surface area contributed by atoms with Crippen LogP contribution in [0, 0.1) is 5.41 Å². The van der Waals surface area contributed by atoms with Gasteiger partial charge >= 0.3 is 24.1 Å². The average Bonchev–Trinajstić information content (AvgIpc) is 3.26. The fraction of sp³-hybridized carbons (Fsp3) is 0.815. The first-order valence-electron chi connectivity index (χ1n) is 14.4. The highest BCUT2D eigenvalue weighted by atomic mass is 16.6. The number of nitrogens with one attached hydrogen (secondary N) is 1. The smallest absolute Gasteiger partial charge is 0.410 e. The van der Waals surface area contributed by atoms with Crippen LogP contribution in [-0.2, 0) is 28.5 Å². The molecule has 3 aliphatic rings. The molecule has 3 fully saturated rings. The maximum absolute atomic E-state index is 12.8. The Morgan fingerprint density at radius 1 is 1.07 bits per heavy atom. The zero-order valence-corrected chi connectivity index (χ0v) is 24.9. The molecule has 0 aromatic rings. The number of carbonyl (C=O) groups is 4. The third kappa shape index (κ3) is 8.93. The second-order valence-electron chi connectivity index (χ2n) is 11.6. The van der Waals surface area contributed by atoms with Gasteiger partial charge < -0.3 is 29.6 Å². The van der Waals surface area contributed by atoms with Crippen molar-refractivity contribution in [2.75, 3.05) is 59.0 Å². The molecular weight excluding hydrogens is 536 g/mol. The van der Waals surface area contributed by atoms with E-state index >= 15 is 0 Å². The lowest BCUT2D eigenvalue weighted by molar-refractivity contribution is -0.157. The van der Waals surface area contributed by atoms with Gasteiger partial charge in [0.15, 0.2) is 0 Å². The van der Waals surface area contributed by atoms with Crippen LogP contribution in [0.2, 0.25) is 0 Å². The van der Waals surface area contributed by atoms with E-state index in [1.165, 1.54) is 4.90 Å². The lowest BCUT2D eigenvalue weighted by Crippen LogP contribution is -2.57. The number of piperidine rings is 1. The van der Waals surface area contributed by atoms with Crippen molar-refractivity contribution in [3.05, 3.63) is 0 Å². The van der Waals surface area contributed by atoms with Crippen LogP contribution in [0.3, 0.4) is 0 Å². The van der Waals surface area contributed by atoms with Gasteiger partial charge in [0.25, 0.3) is 0 Å². The summed E-state index contributed by atoms with van der Waals surface area (Å²) in [6, 6.07) is -1.58. The van der Waals surface area contributed by atoms with Crippen molar-refractivity contribution >= 4 is 30.0 Å². The van der Waals surface area contributed by atoms with Gasteiger partial charge in [-0.1, -0.05) is 0 Å². The topological polar surface area (TPSA) is 168 Å². The summed E-state index contributed by atoms with van der Waals surface area (Å²) in [6.07, 6.45) is -0.470. The molecule has 14 nitrogen and oxygen atoms in total. The molecule has 0 aromatic carbocycles. The molecule has 3 heterocycles. The molecule has 0 spiro atoms. The number of nitrogens with two attached hydrogens (primary N) is 1. The molecule has 3 saturated heterocycles. The molecule has 4 unspecified atom stereocenters. The van der Waals surface area contributed by atoms with E-state index in [1.54, 1.807) is 39.5 Å². The third-order valence-corrected chi connectivity index (χ3v) is 7.44. The fourth-order valence-electron chi connectivity index (χ4n) is 5.52. The number of piperazine rings is 1. The standard InChI is InChI=1S/C27H46N6O8/c1-6-38-22(34)15-21(24(35)39-7-2)31-12-10-30(11-13-31)16-19-17-33(25(36)40-19)18-8-9-32(20(14-18)23(28)29)26(37)41-27(3,4)5/h18-21H,6-17H2,1-5H3,(H3,28,29). The van der Waals surface area contributed by atoms with Gasteiger partial charge in [0.2, 0.25) is 0 Å². The number of hydrogen-bond acceptors (Lipinski definition) is 11. The second kappa shape index (κ2) is 14.2. The van der Waals surface area contributed by atoms with Crippen LogP contribution in [0.15, 0.2) is 0 Å². The summed E-state index contributed by atoms with van der Waals surface area (Å²) >= 11 is 0. The molecule has 2 amide bonds. The molecule has 41 heavy (non-hydrogen) atoms. The summed E-state index contributed by atoms with van der Waals surface area (Å²) in [4.78, 5) is 57.4. The van der Waals surface area contributed by atoms with Gasteiger partial charge in [0.05, 0.1) is 32.2 Å². The Morgan fingerprint density at radius 3 is 2.32 bits per heavy atom. The summed E-state index contributed by atoms with van der Waals surface area (Å²) in [5, 5.41) is 8.05. The normalized spacial score (nSPS) is 24.9. The van der Waals surface area contributed by atoms with Crippen LogP contribution in [0.5, 0.6) is 0 Å². The van der Waals surface area contributed by atoms with Gasteiger partial charge in [-0.05, 0) is 47.5 Å². The third-order valence-electron chi connectivity index (χ3n) is 7.44. The maximum Gasteiger partial charge on any atom is 0.410 e. The van der Waals surface area contributed by atoms with Gasteiger partial charge in [-0.15, -0.1) is 0 Å². The predicted octanol–water partition coefficient (Wildman–Crippen LogP) is 1.01. The summed E-state index contributed by atoms with van der Waals surface area (Å²) in [6.45, 7) is 12.9. The SMILES string of the molecule is CCOC(=O)CC(C(=O)OCC)N1CCN(CC2CN(C3CCN(C(=O)OC(C)(C)C)C(C(=N)N)C3)C(=O)O2)CC1. The number of carbonyl (C=O) groups excluding carboxylic acids is 4. The minimum Gasteiger partial charge on any atom is -0.466 e. The van der Waals surface area contributed by atoms with Crippen molar-refractivity contribution in [1.29, 1.82) is 5.41 Å². The number of cyclic esters (lactones) is 1. The van der Waals surface area contributed by atoms with Crippen molar-refractivity contribution in [1.82, 2.24) is 19.6 Å². The lowest BCUT2D eigenvalue weighted by atomic mass is 9.95. The molecule has 0 aliphatic carbocycles. The van der Waals surface area contributed by atoms with Crippen LogP contribution in [0.4, 0.5) is 9.59 Å². The molecule has 3 rings (SSSR count). The average molecular weight is 583 g/mol. The van der Waals surface area contributed by atoms with Crippen molar-refractivity contribution in [3.63, 3.8) is 0 Å². The zero-order valence-electron chi connectivity index (χ0n) is 24.9. The number of likely N-dealkylation sites (tertiary alicyclic amines) is 1. The Labute approximate surface area is 241 Å². The highest BCUT2D eigenvalue weighted by Crippen LogP contribution is 2.28. The van der Waals surface area contributed by atoms with E-state index in [4.69, 9.17) is 30.1 Å². The first-order valence-corrected chi connectivity index (χ1v) is 14.4. The molecule has 0 aromatic heterocycles. The molecule has 232 valence electrons. The molecular formula is C27H46N6O8. The number of nitrogens with zero attached hydrogens (tertiary/aromatic N) is 4. The van der Waals surface area contributed by atoms with E-state index in [-0.39, 0.29) is 37.6 Å². The molecule has 4 atom stereocenters. The number of hydrogen-bond donors (Lipinski definition) is 2. The van der Waals surface area contributed by atoms with Gasteiger partial charge in [-0.3, -0.25) is 29.7 Å². The minimum atomic E-state index is -0.697. The van der Waals surface area contributed by atoms with Crippen LogP contribution in [-0.4, -0.2) is 138 Å². The van der Waals surface area contributed by atoms with E-state index in [0.29, 0.717) is 58.7 Å². The fourth-order valence-corrected chi connectivity index (χ4v) is 5.52. The first-order chi connectivity index (χ1) is 19.3. The number of amides is 2. The second-order valence-corrected chi connectivity index (χ2v) is 11.6. The van der Waals surface area contributed by atoms with Crippen molar-refractivity contribution in [2.24, 2.45) is 5.73 Å². The summed E-state index contributed by atoms with van der Waals surface area (Å²) < 4.78 is 21.4. The number of esters is 2. The Bertz CT molecular complexity index is 964. The lowest BCUT2D eigenvalue weighted by Gasteiger charge is -2.41. The monoisotopic (exact) mass is 582 g/mol. The van der Waals surface area contributed by atoms with Crippen molar-refractivity contribution < 1.29 is 38.1 Å². The van der Waals surface area contributed by atoms with E-state index < -0.39 is 41.8 Å². The van der Waals surface area contributed by atoms with E-state index in [9.17, 15) is 19.2 Å². The highest BCUT2D eigenvalue weighted by Gasteiger charge is 2.43. The number of ether oxygens (including phenoxy) is 4. The van der Waals surface area contributed by atoms with Crippen LogP contribution < -0.4 is 5.73 Å². The Morgan fingerprint density at radius 2 is 1.73 bits per heavy atom. The van der Waals surface area contributed by atoms with E-state index in [2.05, 4.69) is 4.90 Å². The summed E-state index contributed by atoms with van der Waals surface area (Å²) in [5.41, 5.74) is 5.18. The molecule has 14 heteroatoms. The molecule has 3 aliphatic heterocycles. The number of rotatable bonds is 10. The molecule has 0 radical (unpaired) electrons. The predicted molar refractivity (Wildman–Crippen MR) is 148 cm³/mol. The first kappa shape index (κ1) is 32.4. The van der Waals surface area contributed by atoms with Gasteiger partial charge in [0.1, 0.15) is 23.6 Å². The van der Waals surface area contributed by atoms with E-state index in [0.717, 1.165) is 0 Å².